The van der Waals surface area contributed by atoms with Crippen LogP contribution in [0.3, 0.4) is 0 Å². The Morgan fingerprint density at radius 1 is 1.03 bits per heavy atom. The number of nitrogens with one attached hydrogen (secondary N) is 2. The van der Waals surface area contributed by atoms with Crippen LogP contribution in [0.25, 0.3) is 0 Å². The lowest BCUT2D eigenvalue weighted by Gasteiger charge is -2.21. The molecular weight excluding hydrogens is 416 g/mol. The van der Waals surface area contributed by atoms with Crippen LogP contribution in [-0.2, 0) is 10.0 Å². The Kier molecular flexibility index (Phi) is 6.07. The SMILES string of the molecule is CC(C)(C)NS(=O)(=O)c1cc(C(=O)Nc2ccc3c(c2)OCCCO3)ccc1Cl. The molecule has 0 aromatic heterocycles. The van der Waals surface area contributed by atoms with E-state index in [2.05, 4.69) is 10.0 Å². The van der Waals surface area contributed by atoms with E-state index < -0.39 is 21.5 Å². The molecule has 2 aromatic carbocycles. The maximum atomic E-state index is 12.7. The largest absolute Gasteiger partial charge is 0.490 e. The van der Waals surface area contributed by atoms with Gasteiger partial charge >= 0.3 is 0 Å². The zero-order valence-corrected chi connectivity index (χ0v) is 18.0. The highest BCUT2D eigenvalue weighted by molar-refractivity contribution is 7.89. The minimum Gasteiger partial charge on any atom is -0.490 e. The van der Waals surface area contributed by atoms with Crippen LogP contribution in [0.4, 0.5) is 5.69 Å². The second-order valence-corrected chi connectivity index (χ2v) is 9.72. The van der Waals surface area contributed by atoms with E-state index in [0.717, 1.165) is 6.42 Å². The minimum atomic E-state index is -3.89. The van der Waals surface area contributed by atoms with Gasteiger partial charge in [-0.1, -0.05) is 11.6 Å². The molecule has 0 saturated carbocycles. The van der Waals surface area contributed by atoms with Crippen LogP contribution < -0.4 is 19.5 Å². The van der Waals surface area contributed by atoms with Crippen molar-refractivity contribution in [1.29, 1.82) is 0 Å². The number of rotatable bonds is 4. The smallest absolute Gasteiger partial charge is 0.255 e. The predicted molar refractivity (Wildman–Crippen MR) is 112 cm³/mol. The Morgan fingerprint density at radius 3 is 2.41 bits per heavy atom. The number of sulfonamides is 1. The van der Waals surface area contributed by atoms with Gasteiger partial charge in [0.15, 0.2) is 11.5 Å². The van der Waals surface area contributed by atoms with E-state index >= 15 is 0 Å². The second kappa shape index (κ2) is 8.22. The third-order valence-electron chi connectivity index (χ3n) is 3.93. The van der Waals surface area contributed by atoms with Crippen molar-refractivity contribution < 1.29 is 22.7 Å². The molecule has 0 bridgehead atoms. The molecule has 7 nitrogen and oxygen atoms in total. The van der Waals surface area contributed by atoms with Crippen LogP contribution in [0.5, 0.6) is 11.5 Å². The topological polar surface area (TPSA) is 93.7 Å². The predicted octanol–water partition coefficient (Wildman–Crippen LogP) is 3.83. The molecule has 0 fully saturated rings. The summed E-state index contributed by atoms with van der Waals surface area (Å²) in [7, 11) is -3.89. The van der Waals surface area contributed by atoms with Crippen molar-refractivity contribution >= 4 is 33.2 Å². The van der Waals surface area contributed by atoms with E-state index in [1.54, 1.807) is 39.0 Å². The number of halogens is 1. The van der Waals surface area contributed by atoms with Gasteiger partial charge in [0.25, 0.3) is 5.91 Å². The molecular formula is C20H23ClN2O5S. The number of benzene rings is 2. The number of carbonyl (C=O) groups excluding carboxylic acids is 1. The van der Waals surface area contributed by atoms with Gasteiger partial charge in [0.05, 0.1) is 18.2 Å². The molecule has 3 rings (SSSR count). The first-order chi connectivity index (χ1) is 13.5. The molecule has 1 aliphatic rings. The molecule has 1 amide bonds. The first-order valence-corrected chi connectivity index (χ1v) is 11.0. The average molecular weight is 439 g/mol. The molecule has 9 heteroatoms. The van der Waals surface area contributed by atoms with Crippen molar-refractivity contribution in [1.82, 2.24) is 4.72 Å². The standard InChI is InChI=1S/C20H23ClN2O5S/c1-20(2,3)23-29(25,26)18-11-13(5-7-15(18)21)19(24)22-14-6-8-16-17(12-14)28-10-4-9-27-16/h5-8,11-12,23H,4,9-10H2,1-3H3,(H,22,24). The average Bonchev–Trinajstić information content (AvgIpc) is 2.84. The highest BCUT2D eigenvalue weighted by Gasteiger charge is 2.25. The van der Waals surface area contributed by atoms with Crippen LogP contribution in [0.2, 0.25) is 5.02 Å². The summed E-state index contributed by atoms with van der Waals surface area (Å²) in [6.07, 6.45) is 0.779. The Labute approximate surface area is 175 Å². The third-order valence-corrected chi connectivity index (χ3v) is 6.17. The van der Waals surface area contributed by atoms with Crippen LogP contribution in [0.15, 0.2) is 41.3 Å². The van der Waals surface area contributed by atoms with Gasteiger partial charge in [-0.25, -0.2) is 13.1 Å². The maximum absolute atomic E-state index is 12.7. The Morgan fingerprint density at radius 2 is 1.72 bits per heavy atom. The van der Waals surface area contributed by atoms with Crippen LogP contribution >= 0.6 is 11.6 Å². The molecule has 0 saturated heterocycles. The summed E-state index contributed by atoms with van der Waals surface area (Å²) in [6, 6.07) is 9.21. The Hall–Kier alpha value is -2.29. The molecule has 29 heavy (non-hydrogen) atoms. The van der Waals surface area contributed by atoms with E-state index in [1.165, 1.54) is 18.2 Å². The van der Waals surface area contributed by atoms with Crippen molar-refractivity contribution in [3.05, 3.63) is 47.0 Å². The summed E-state index contributed by atoms with van der Waals surface area (Å²) < 4.78 is 39.0. The van der Waals surface area contributed by atoms with Gasteiger partial charge in [-0.05, 0) is 51.1 Å². The Balaban J connectivity index is 1.84. The highest BCUT2D eigenvalue weighted by Crippen LogP contribution is 2.32. The van der Waals surface area contributed by atoms with Gasteiger partial charge in [-0.15, -0.1) is 0 Å². The Bertz CT molecular complexity index is 1030. The van der Waals surface area contributed by atoms with Crippen molar-refractivity contribution in [3.63, 3.8) is 0 Å². The summed E-state index contributed by atoms with van der Waals surface area (Å²) in [5.74, 6) is 0.700. The molecule has 0 unspecified atom stereocenters. The summed E-state index contributed by atoms with van der Waals surface area (Å²) >= 11 is 6.09. The number of amides is 1. The number of carbonyl (C=O) groups is 1. The summed E-state index contributed by atoms with van der Waals surface area (Å²) in [4.78, 5) is 12.5. The summed E-state index contributed by atoms with van der Waals surface area (Å²) in [6.45, 7) is 6.27. The van der Waals surface area contributed by atoms with Gasteiger partial charge in [0.1, 0.15) is 4.90 Å². The lowest BCUT2D eigenvalue weighted by molar-refractivity contribution is 0.102. The van der Waals surface area contributed by atoms with Crippen LogP contribution in [0.1, 0.15) is 37.6 Å². The van der Waals surface area contributed by atoms with Crippen molar-refractivity contribution in [2.75, 3.05) is 18.5 Å². The van der Waals surface area contributed by atoms with E-state index in [0.29, 0.717) is 30.4 Å². The van der Waals surface area contributed by atoms with Crippen LogP contribution in [-0.4, -0.2) is 33.1 Å². The first kappa shape index (κ1) is 21.4. The summed E-state index contributed by atoms with van der Waals surface area (Å²) in [5.41, 5.74) is -0.0214. The molecule has 0 radical (unpaired) electrons. The number of ether oxygens (including phenoxy) is 2. The minimum absolute atomic E-state index is 0.0360. The van der Waals surface area contributed by atoms with Gasteiger partial charge in [-0.2, -0.15) is 0 Å². The third kappa shape index (κ3) is 5.41. The molecule has 1 heterocycles. The number of hydrogen-bond donors (Lipinski definition) is 2. The van der Waals surface area contributed by atoms with Gasteiger partial charge in [0.2, 0.25) is 10.0 Å². The first-order valence-electron chi connectivity index (χ1n) is 9.10. The fourth-order valence-corrected chi connectivity index (χ4v) is 4.70. The van der Waals surface area contributed by atoms with Gasteiger partial charge in [-0.3, -0.25) is 4.79 Å². The molecule has 2 N–H and O–H groups in total. The quantitative estimate of drug-likeness (QED) is 0.756. The zero-order valence-electron chi connectivity index (χ0n) is 16.4. The maximum Gasteiger partial charge on any atom is 0.255 e. The molecule has 0 aliphatic carbocycles. The van der Waals surface area contributed by atoms with Crippen molar-refractivity contribution in [2.24, 2.45) is 0 Å². The highest BCUT2D eigenvalue weighted by atomic mass is 35.5. The van der Waals surface area contributed by atoms with E-state index in [1.807, 2.05) is 0 Å². The number of anilines is 1. The lowest BCUT2D eigenvalue weighted by atomic mass is 10.1. The molecule has 156 valence electrons. The fraction of sp³-hybridized carbons (Fsp3) is 0.350. The number of fused-ring (bicyclic) bond motifs is 1. The monoisotopic (exact) mass is 438 g/mol. The van der Waals surface area contributed by atoms with Crippen molar-refractivity contribution in [2.45, 2.75) is 37.6 Å². The molecule has 0 spiro atoms. The molecule has 1 aliphatic heterocycles. The van der Waals surface area contributed by atoms with E-state index in [9.17, 15) is 13.2 Å². The fourth-order valence-electron chi connectivity index (χ4n) is 2.75. The lowest BCUT2D eigenvalue weighted by Crippen LogP contribution is -2.40. The number of hydrogen-bond acceptors (Lipinski definition) is 5. The molecule has 0 atom stereocenters. The van der Waals surface area contributed by atoms with Gasteiger partial charge in [0, 0.05) is 29.3 Å². The zero-order chi connectivity index (χ0) is 21.2. The van der Waals surface area contributed by atoms with E-state index in [-0.39, 0.29) is 15.5 Å². The van der Waals surface area contributed by atoms with Gasteiger partial charge < -0.3 is 14.8 Å². The summed E-state index contributed by atoms with van der Waals surface area (Å²) in [5, 5.41) is 2.78. The van der Waals surface area contributed by atoms with Crippen molar-refractivity contribution in [3.8, 4) is 11.5 Å². The molecule has 2 aromatic rings. The normalized spacial score (nSPS) is 14.2. The second-order valence-electron chi connectivity index (χ2n) is 7.67. The van der Waals surface area contributed by atoms with Crippen LogP contribution in [0, 0.1) is 0 Å². The van der Waals surface area contributed by atoms with E-state index in [4.69, 9.17) is 21.1 Å².